The predicted octanol–water partition coefficient (Wildman–Crippen LogP) is 2.21. The summed E-state index contributed by atoms with van der Waals surface area (Å²) >= 11 is 0. The minimum absolute atomic E-state index is 0. The van der Waals surface area contributed by atoms with E-state index >= 15 is 0 Å². The van der Waals surface area contributed by atoms with E-state index in [0.717, 1.165) is 43.5 Å². The molecule has 9 heteroatoms. The summed E-state index contributed by atoms with van der Waals surface area (Å²) in [5.41, 5.74) is -0.718. The molecular formula is C17H21ClF3N3O2. The molecule has 1 aromatic carbocycles. The van der Waals surface area contributed by atoms with Crippen LogP contribution in [0.1, 0.15) is 35.2 Å². The lowest BCUT2D eigenvalue weighted by atomic mass is 10.1. The van der Waals surface area contributed by atoms with E-state index in [0.29, 0.717) is 25.2 Å². The van der Waals surface area contributed by atoms with Gasteiger partial charge in [0.15, 0.2) is 0 Å². The third-order valence-electron chi connectivity index (χ3n) is 4.75. The number of benzene rings is 1. The molecule has 0 radical (unpaired) electrons. The summed E-state index contributed by atoms with van der Waals surface area (Å²) in [5.74, 6) is -0.730. The van der Waals surface area contributed by atoms with Gasteiger partial charge < -0.3 is 15.5 Å². The van der Waals surface area contributed by atoms with E-state index < -0.39 is 17.6 Å². The van der Waals surface area contributed by atoms with Crippen LogP contribution in [0.4, 0.5) is 13.2 Å². The van der Waals surface area contributed by atoms with Crippen molar-refractivity contribution < 1.29 is 22.8 Å². The number of fused-ring (bicyclic) bond motifs is 2. The third kappa shape index (κ3) is 4.88. The van der Waals surface area contributed by atoms with Gasteiger partial charge in [-0.25, -0.2) is 0 Å². The Balaban J connectivity index is 0.00000243. The molecule has 2 bridgehead atoms. The minimum Gasteiger partial charge on any atom is -0.343 e. The van der Waals surface area contributed by atoms with Crippen LogP contribution in [0.5, 0.6) is 0 Å². The van der Waals surface area contributed by atoms with Crippen LogP contribution >= 0.6 is 12.4 Å². The smallest absolute Gasteiger partial charge is 0.343 e. The number of carbonyl (C=O) groups excluding carboxylic acids is 2. The average Bonchev–Trinajstić information content (AvgIpc) is 2.90. The first-order valence-electron chi connectivity index (χ1n) is 8.32. The maximum Gasteiger partial charge on any atom is 0.416 e. The molecule has 5 nitrogen and oxygen atoms in total. The van der Waals surface area contributed by atoms with Crippen molar-refractivity contribution in [2.45, 2.75) is 37.5 Å². The van der Waals surface area contributed by atoms with E-state index in [-0.39, 0.29) is 30.4 Å². The highest BCUT2D eigenvalue weighted by Gasteiger charge is 2.31. The lowest BCUT2D eigenvalue weighted by Gasteiger charge is -2.24. The highest BCUT2D eigenvalue weighted by molar-refractivity contribution is 5.96. The predicted molar refractivity (Wildman–Crippen MR) is 92.2 cm³/mol. The molecule has 2 heterocycles. The molecule has 0 aliphatic carbocycles. The second kappa shape index (κ2) is 8.26. The first kappa shape index (κ1) is 20.5. The SMILES string of the molecule is Cl.O=C(NCC(=O)N1CCC2CCC(C1)N2)c1ccc(C(F)(F)F)cc1. The Bertz CT molecular complexity index is 652. The van der Waals surface area contributed by atoms with Crippen LogP contribution in [0, 0.1) is 0 Å². The Hall–Kier alpha value is -1.80. The lowest BCUT2D eigenvalue weighted by molar-refractivity contribution is -0.137. The molecule has 2 amide bonds. The van der Waals surface area contributed by atoms with Crippen LogP contribution < -0.4 is 10.6 Å². The number of hydrogen-bond acceptors (Lipinski definition) is 3. The zero-order valence-electron chi connectivity index (χ0n) is 14.0. The number of hydrogen-bond donors (Lipinski definition) is 2. The Labute approximate surface area is 155 Å². The van der Waals surface area contributed by atoms with Gasteiger partial charge in [0.2, 0.25) is 5.91 Å². The van der Waals surface area contributed by atoms with E-state index in [4.69, 9.17) is 0 Å². The molecule has 2 saturated heterocycles. The summed E-state index contributed by atoms with van der Waals surface area (Å²) in [7, 11) is 0. The molecule has 3 rings (SSSR count). The minimum atomic E-state index is -4.44. The fraction of sp³-hybridized carbons (Fsp3) is 0.529. The summed E-state index contributed by atoms with van der Waals surface area (Å²) in [6, 6.07) is 4.70. The average molecular weight is 392 g/mol. The van der Waals surface area contributed by atoms with Crippen LogP contribution in [-0.2, 0) is 11.0 Å². The molecule has 2 unspecified atom stereocenters. The van der Waals surface area contributed by atoms with Gasteiger partial charge in [-0.3, -0.25) is 9.59 Å². The zero-order chi connectivity index (χ0) is 18.0. The molecule has 2 aliphatic heterocycles. The van der Waals surface area contributed by atoms with Crippen molar-refractivity contribution in [1.82, 2.24) is 15.5 Å². The second-order valence-corrected chi connectivity index (χ2v) is 6.52. The van der Waals surface area contributed by atoms with E-state index in [1.54, 1.807) is 4.90 Å². The fourth-order valence-electron chi connectivity index (χ4n) is 3.35. The number of rotatable bonds is 3. The van der Waals surface area contributed by atoms with Crippen LogP contribution in [0.25, 0.3) is 0 Å². The van der Waals surface area contributed by atoms with Crippen LogP contribution in [0.2, 0.25) is 0 Å². The molecule has 2 fully saturated rings. The maximum absolute atomic E-state index is 12.5. The first-order valence-corrected chi connectivity index (χ1v) is 8.32. The molecule has 2 atom stereocenters. The van der Waals surface area contributed by atoms with Gasteiger partial charge in [-0.2, -0.15) is 13.2 Å². The van der Waals surface area contributed by atoms with Crippen molar-refractivity contribution in [3.05, 3.63) is 35.4 Å². The molecule has 0 aromatic heterocycles. The Morgan fingerprint density at radius 3 is 2.42 bits per heavy atom. The number of nitrogens with zero attached hydrogens (tertiary/aromatic N) is 1. The zero-order valence-corrected chi connectivity index (χ0v) is 14.8. The van der Waals surface area contributed by atoms with E-state index in [2.05, 4.69) is 10.6 Å². The molecule has 2 aliphatic rings. The largest absolute Gasteiger partial charge is 0.416 e. The van der Waals surface area contributed by atoms with Crippen LogP contribution in [0.15, 0.2) is 24.3 Å². The Kier molecular flexibility index (Phi) is 6.52. The lowest BCUT2D eigenvalue weighted by Crippen LogP contribution is -2.44. The van der Waals surface area contributed by atoms with Gasteiger partial charge in [0.05, 0.1) is 12.1 Å². The van der Waals surface area contributed by atoms with E-state index in [1.165, 1.54) is 0 Å². The van der Waals surface area contributed by atoms with Gasteiger partial charge in [-0.1, -0.05) is 0 Å². The molecule has 1 aromatic rings. The third-order valence-corrected chi connectivity index (χ3v) is 4.75. The van der Waals surface area contributed by atoms with Crippen molar-refractivity contribution in [1.29, 1.82) is 0 Å². The van der Waals surface area contributed by atoms with Gasteiger partial charge >= 0.3 is 6.18 Å². The fourth-order valence-corrected chi connectivity index (χ4v) is 3.35. The standard InChI is InChI=1S/C17H20F3N3O2.ClH/c18-17(19,20)12-3-1-11(2-4-12)16(25)21-9-15(24)23-8-7-13-5-6-14(10-23)22-13;/h1-4,13-14,22H,5-10H2,(H,21,25);1H. The maximum atomic E-state index is 12.5. The highest BCUT2D eigenvalue weighted by atomic mass is 35.5. The van der Waals surface area contributed by atoms with Crippen molar-refractivity contribution >= 4 is 24.2 Å². The van der Waals surface area contributed by atoms with Gasteiger partial charge in [-0.05, 0) is 43.5 Å². The van der Waals surface area contributed by atoms with Crippen LogP contribution in [-0.4, -0.2) is 48.4 Å². The number of carbonyl (C=O) groups is 2. The first-order chi connectivity index (χ1) is 11.8. The van der Waals surface area contributed by atoms with Gasteiger partial charge in [0, 0.05) is 30.7 Å². The number of halogens is 4. The molecule has 2 N–H and O–H groups in total. The summed E-state index contributed by atoms with van der Waals surface area (Å²) in [6.45, 7) is 1.13. The van der Waals surface area contributed by atoms with Crippen molar-refractivity contribution in [2.75, 3.05) is 19.6 Å². The summed E-state index contributed by atoms with van der Waals surface area (Å²) < 4.78 is 37.6. The Morgan fingerprint density at radius 2 is 1.77 bits per heavy atom. The molecule has 26 heavy (non-hydrogen) atoms. The van der Waals surface area contributed by atoms with Crippen molar-refractivity contribution in [2.24, 2.45) is 0 Å². The van der Waals surface area contributed by atoms with Gasteiger partial charge in [0.25, 0.3) is 5.91 Å². The summed E-state index contributed by atoms with van der Waals surface area (Å²) in [4.78, 5) is 26.0. The van der Waals surface area contributed by atoms with Gasteiger partial charge in [0.1, 0.15) is 0 Å². The summed E-state index contributed by atoms with van der Waals surface area (Å²) in [6.07, 6.45) is -1.36. The van der Waals surface area contributed by atoms with Crippen LogP contribution in [0.3, 0.4) is 0 Å². The summed E-state index contributed by atoms with van der Waals surface area (Å²) in [5, 5.41) is 5.96. The normalized spacial score (nSPS) is 22.3. The Morgan fingerprint density at radius 1 is 1.12 bits per heavy atom. The quantitative estimate of drug-likeness (QED) is 0.830. The topological polar surface area (TPSA) is 61.4 Å². The monoisotopic (exact) mass is 391 g/mol. The number of amides is 2. The number of likely N-dealkylation sites (tertiary alicyclic amines) is 1. The van der Waals surface area contributed by atoms with Crippen molar-refractivity contribution in [3.8, 4) is 0 Å². The van der Waals surface area contributed by atoms with Gasteiger partial charge in [-0.15, -0.1) is 12.4 Å². The van der Waals surface area contributed by atoms with E-state index in [1.807, 2.05) is 0 Å². The molecular weight excluding hydrogens is 371 g/mol. The van der Waals surface area contributed by atoms with E-state index in [9.17, 15) is 22.8 Å². The second-order valence-electron chi connectivity index (χ2n) is 6.52. The number of alkyl halides is 3. The molecule has 0 saturated carbocycles. The molecule has 144 valence electrons. The molecule has 0 spiro atoms. The number of nitrogens with one attached hydrogen (secondary N) is 2. The highest BCUT2D eigenvalue weighted by Crippen LogP contribution is 2.29. The van der Waals surface area contributed by atoms with Crippen molar-refractivity contribution in [3.63, 3.8) is 0 Å².